The first-order valence-corrected chi connectivity index (χ1v) is 8.02. The van der Waals surface area contributed by atoms with Gasteiger partial charge in [-0.05, 0) is 24.3 Å². The Morgan fingerprint density at radius 2 is 2.43 bits per heavy atom. The van der Waals surface area contributed by atoms with Crippen molar-refractivity contribution in [3.8, 4) is 0 Å². The van der Waals surface area contributed by atoms with E-state index >= 15 is 0 Å². The number of aromatic amines is 1. The fourth-order valence-electron chi connectivity index (χ4n) is 2.70. The second-order valence-electron chi connectivity index (χ2n) is 6.26. The highest BCUT2D eigenvalue weighted by atomic mass is 16.5. The first-order valence-electron chi connectivity index (χ1n) is 8.02. The lowest BCUT2D eigenvalue weighted by atomic mass is 10.0. The molecule has 1 saturated heterocycles. The van der Waals surface area contributed by atoms with Crippen LogP contribution in [0.3, 0.4) is 0 Å². The Balaban J connectivity index is 1.70. The minimum atomic E-state index is 0.218. The lowest BCUT2D eigenvalue weighted by Crippen LogP contribution is -2.45. The highest BCUT2D eigenvalue weighted by Gasteiger charge is 2.23. The van der Waals surface area contributed by atoms with Crippen LogP contribution in [-0.4, -0.2) is 46.8 Å². The molecular weight excluding hydrogens is 266 g/mol. The zero-order valence-electron chi connectivity index (χ0n) is 13.2. The molecule has 1 aliphatic rings. The van der Waals surface area contributed by atoms with E-state index in [4.69, 9.17) is 4.74 Å². The van der Waals surface area contributed by atoms with E-state index in [1.807, 2.05) is 11.1 Å². The summed E-state index contributed by atoms with van der Waals surface area (Å²) in [6.45, 7) is 6.64. The van der Waals surface area contributed by atoms with Gasteiger partial charge in [-0.25, -0.2) is 0 Å². The Bertz CT molecular complexity index is 417. The van der Waals surface area contributed by atoms with Crippen molar-refractivity contribution in [2.75, 3.05) is 19.7 Å². The van der Waals surface area contributed by atoms with Gasteiger partial charge >= 0.3 is 0 Å². The van der Waals surface area contributed by atoms with E-state index in [1.54, 1.807) is 6.20 Å². The molecule has 1 atom stereocenters. The topological polar surface area (TPSA) is 58.2 Å². The Kier molecular flexibility index (Phi) is 6.23. The van der Waals surface area contributed by atoms with Crippen LogP contribution in [0.2, 0.25) is 0 Å². The van der Waals surface area contributed by atoms with Crippen molar-refractivity contribution in [1.82, 2.24) is 15.1 Å². The van der Waals surface area contributed by atoms with Gasteiger partial charge in [0.1, 0.15) is 0 Å². The van der Waals surface area contributed by atoms with E-state index < -0.39 is 0 Å². The monoisotopic (exact) mass is 293 g/mol. The molecule has 1 amide bonds. The van der Waals surface area contributed by atoms with Crippen molar-refractivity contribution in [2.45, 2.75) is 52.1 Å². The number of H-pyrrole nitrogens is 1. The highest BCUT2D eigenvalue weighted by molar-refractivity contribution is 5.76. The Labute approximate surface area is 127 Å². The maximum absolute atomic E-state index is 12.3. The molecule has 2 heterocycles. The SMILES string of the molecule is CC(C)CCCC1CN(C(=O)CCc2cn[nH]c2)CCO1. The molecular formula is C16H27N3O2. The van der Waals surface area contributed by atoms with E-state index in [1.165, 1.54) is 12.8 Å². The molecule has 0 aromatic carbocycles. The molecule has 1 aliphatic heterocycles. The third kappa shape index (κ3) is 5.50. The third-order valence-electron chi connectivity index (χ3n) is 3.98. The van der Waals surface area contributed by atoms with Crippen LogP contribution in [0.1, 0.15) is 45.1 Å². The van der Waals surface area contributed by atoms with E-state index in [0.717, 1.165) is 37.4 Å². The van der Waals surface area contributed by atoms with Gasteiger partial charge in [-0.15, -0.1) is 0 Å². The third-order valence-corrected chi connectivity index (χ3v) is 3.98. The van der Waals surface area contributed by atoms with E-state index in [9.17, 15) is 4.79 Å². The van der Waals surface area contributed by atoms with Gasteiger partial charge in [0.15, 0.2) is 0 Å². The summed E-state index contributed by atoms with van der Waals surface area (Å²) >= 11 is 0. The number of hydrogen-bond acceptors (Lipinski definition) is 3. The molecule has 118 valence electrons. The minimum Gasteiger partial charge on any atom is -0.375 e. The zero-order chi connectivity index (χ0) is 15.1. The second-order valence-corrected chi connectivity index (χ2v) is 6.26. The number of aryl methyl sites for hydroxylation is 1. The van der Waals surface area contributed by atoms with Crippen molar-refractivity contribution in [1.29, 1.82) is 0 Å². The molecule has 1 unspecified atom stereocenters. The number of rotatable bonds is 7. The molecule has 0 radical (unpaired) electrons. The van der Waals surface area contributed by atoms with Gasteiger partial charge in [-0.1, -0.05) is 26.7 Å². The number of nitrogens with zero attached hydrogens (tertiary/aromatic N) is 2. The summed E-state index contributed by atoms with van der Waals surface area (Å²) in [7, 11) is 0. The molecule has 1 N–H and O–H groups in total. The van der Waals surface area contributed by atoms with Crippen molar-refractivity contribution >= 4 is 5.91 Å². The van der Waals surface area contributed by atoms with Crippen LogP contribution in [0, 0.1) is 5.92 Å². The van der Waals surface area contributed by atoms with E-state index in [2.05, 4.69) is 24.0 Å². The molecule has 5 nitrogen and oxygen atoms in total. The van der Waals surface area contributed by atoms with Crippen LogP contribution in [0.25, 0.3) is 0 Å². The lowest BCUT2D eigenvalue weighted by molar-refractivity contribution is -0.139. The van der Waals surface area contributed by atoms with Crippen LogP contribution in [0.15, 0.2) is 12.4 Å². The molecule has 0 aliphatic carbocycles. The Morgan fingerprint density at radius 3 is 3.14 bits per heavy atom. The summed E-state index contributed by atoms with van der Waals surface area (Å²) in [5.41, 5.74) is 1.09. The van der Waals surface area contributed by atoms with Crippen LogP contribution >= 0.6 is 0 Å². The van der Waals surface area contributed by atoms with Gasteiger partial charge in [0.2, 0.25) is 5.91 Å². The predicted molar refractivity (Wildman–Crippen MR) is 81.9 cm³/mol. The van der Waals surface area contributed by atoms with Gasteiger partial charge < -0.3 is 9.64 Å². The number of carbonyl (C=O) groups excluding carboxylic acids is 1. The molecule has 2 rings (SSSR count). The first kappa shape index (κ1) is 16.0. The van der Waals surface area contributed by atoms with E-state index in [0.29, 0.717) is 13.0 Å². The van der Waals surface area contributed by atoms with Crippen molar-refractivity contribution in [2.24, 2.45) is 5.92 Å². The summed E-state index contributed by atoms with van der Waals surface area (Å²) < 4.78 is 5.78. The molecule has 1 aromatic rings. The maximum atomic E-state index is 12.3. The molecule has 21 heavy (non-hydrogen) atoms. The molecule has 0 bridgehead atoms. The lowest BCUT2D eigenvalue weighted by Gasteiger charge is -2.33. The summed E-state index contributed by atoms with van der Waals surface area (Å²) in [4.78, 5) is 14.2. The zero-order valence-corrected chi connectivity index (χ0v) is 13.2. The fraction of sp³-hybridized carbons (Fsp3) is 0.750. The molecule has 0 saturated carbocycles. The molecule has 1 fully saturated rings. The largest absolute Gasteiger partial charge is 0.375 e. The van der Waals surface area contributed by atoms with Gasteiger partial charge in [0.05, 0.1) is 18.9 Å². The highest BCUT2D eigenvalue weighted by Crippen LogP contribution is 2.15. The van der Waals surface area contributed by atoms with Gasteiger partial charge in [-0.3, -0.25) is 9.89 Å². The van der Waals surface area contributed by atoms with Crippen LogP contribution in [0.4, 0.5) is 0 Å². The summed E-state index contributed by atoms with van der Waals surface area (Å²) in [5.74, 6) is 0.967. The number of hydrogen-bond donors (Lipinski definition) is 1. The fourth-order valence-corrected chi connectivity index (χ4v) is 2.70. The number of morpholine rings is 1. The van der Waals surface area contributed by atoms with Gasteiger partial charge in [-0.2, -0.15) is 5.10 Å². The average Bonchev–Trinajstić information content (AvgIpc) is 2.98. The standard InChI is InChI=1S/C16H27N3O2/c1-13(2)4-3-5-15-12-19(8-9-21-15)16(20)7-6-14-10-17-18-11-14/h10-11,13,15H,3-9,12H2,1-2H3,(H,17,18). The normalized spacial score (nSPS) is 19.2. The summed E-state index contributed by atoms with van der Waals surface area (Å²) in [6.07, 6.45) is 8.62. The van der Waals surface area contributed by atoms with Crippen molar-refractivity contribution in [3.63, 3.8) is 0 Å². The number of aromatic nitrogens is 2. The molecule has 0 spiro atoms. The molecule has 1 aromatic heterocycles. The van der Waals surface area contributed by atoms with Gasteiger partial charge in [0.25, 0.3) is 0 Å². The maximum Gasteiger partial charge on any atom is 0.223 e. The predicted octanol–water partition coefficient (Wildman–Crippen LogP) is 2.40. The Morgan fingerprint density at radius 1 is 1.57 bits per heavy atom. The van der Waals surface area contributed by atoms with Crippen LogP contribution < -0.4 is 0 Å². The summed E-state index contributed by atoms with van der Waals surface area (Å²) in [6, 6.07) is 0. The van der Waals surface area contributed by atoms with Gasteiger partial charge in [0, 0.05) is 25.7 Å². The first-order chi connectivity index (χ1) is 10.1. The quantitative estimate of drug-likeness (QED) is 0.840. The number of ether oxygens (including phenoxy) is 1. The minimum absolute atomic E-state index is 0.218. The average molecular weight is 293 g/mol. The Hall–Kier alpha value is -1.36. The van der Waals surface area contributed by atoms with Crippen LogP contribution in [-0.2, 0) is 16.0 Å². The van der Waals surface area contributed by atoms with Crippen LogP contribution in [0.5, 0.6) is 0 Å². The number of amides is 1. The van der Waals surface area contributed by atoms with Crippen molar-refractivity contribution < 1.29 is 9.53 Å². The molecule has 5 heteroatoms. The number of nitrogens with one attached hydrogen (secondary N) is 1. The second kappa shape index (κ2) is 8.17. The number of carbonyl (C=O) groups is 1. The van der Waals surface area contributed by atoms with Crippen molar-refractivity contribution in [3.05, 3.63) is 18.0 Å². The smallest absolute Gasteiger partial charge is 0.223 e. The van der Waals surface area contributed by atoms with E-state index in [-0.39, 0.29) is 12.0 Å². The summed E-state index contributed by atoms with van der Waals surface area (Å²) in [5, 5.41) is 6.68.